The maximum Gasteiger partial charge on any atom is 0.537 e. The number of carboxylic acid groups (broad SMARTS) is 1. The zero-order chi connectivity index (χ0) is 16.6. The van der Waals surface area contributed by atoms with Gasteiger partial charge in [0.05, 0.1) is 5.15 Å². The molecule has 1 atom stereocenters. The number of nitrogens with zero attached hydrogens (tertiary/aromatic N) is 2. The van der Waals surface area contributed by atoms with Gasteiger partial charge in [-0.15, -0.1) is 22.0 Å². The third-order valence-electron chi connectivity index (χ3n) is 3.29. The van der Waals surface area contributed by atoms with Crippen molar-refractivity contribution in [2.45, 2.75) is 20.8 Å². The Hall–Kier alpha value is -1.43. The first kappa shape index (κ1) is 16.4. The Kier molecular flexibility index (Phi) is 4.71. The summed E-state index contributed by atoms with van der Waals surface area (Å²) in [6.07, 6.45) is 2.27. The van der Waals surface area contributed by atoms with E-state index in [2.05, 4.69) is 10.2 Å². The molecule has 0 fully saturated rings. The Balaban J connectivity index is 1.91. The van der Waals surface area contributed by atoms with Crippen LogP contribution < -0.4 is 10.4 Å². The second-order valence-electron chi connectivity index (χ2n) is 4.71. The van der Waals surface area contributed by atoms with Crippen molar-refractivity contribution < 1.29 is 19.6 Å². The van der Waals surface area contributed by atoms with Crippen molar-refractivity contribution in [3.8, 4) is 5.75 Å². The third kappa shape index (κ3) is 3.27. The second kappa shape index (κ2) is 6.60. The number of aromatic carboxylic acids is 1. The minimum Gasteiger partial charge on any atom is -0.535 e. The topological polar surface area (TPSA) is 119 Å². The molecule has 0 amide bonds. The van der Waals surface area contributed by atoms with Gasteiger partial charge in [0.2, 0.25) is 5.13 Å². The van der Waals surface area contributed by atoms with Crippen molar-refractivity contribution in [1.29, 1.82) is 0 Å². The zero-order valence-corrected chi connectivity index (χ0v) is 14.4. The number of fused-ring (bicyclic) bond motifs is 1. The van der Waals surface area contributed by atoms with Crippen LogP contribution in [0, 0.1) is 0 Å². The molecule has 0 radical (unpaired) electrons. The number of hydrogen-bond donors (Lipinski definition) is 3. The Morgan fingerprint density at radius 2 is 2.30 bits per heavy atom. The summed E-state index contributed by atoms with van der Waals surface area (Å²) in [5, 5.41) is 27.4. The highest BCUT2D eigenvalue weighted by molar-refractivity contribution is 8.03. The summed E-state index contributed by atoms with van der Waals surface area (Å²) < 4.78 is 6.16. The van der Waals surface area contributed by atoms with Gasteiger partial charge in [-0.3, -0.25) is 0 Å². The summed E-state index contributed by atoms with van der Waals surface area (Å²) in [7, 11) is -1.13. The summed E-state index contributed by atoms with van der Waals surface area (Å²) in [4.78, 5) is 12.1. The highest BCUT2D eigenvalue weighted by Crippen LogP contribution is 2.40. The minimum absolute atomic E-state index is 0.0951. The van der Waals surface area contributed by atoms with Crippen LogP contribution in [0.4, 0.5) is 5.13 Å². The van der Waals surface area contributed by atoms with E-state index in [0.29, 0.717) is 20.8 Å². The van der Waals surface area contributed by atoms with Gasteiger partial charge >= 0.3 is 13.1 Å². The number of nitrogen functional groups attached to an aromatic ring is 1. The monoisotopic (exact) mass is 369 g/mol. The second-order valence-corrected chi connectivity index (χ2v) is 8.05. The van der Waals surface area contributed by atoms with Gasteiger partial charge in [0.25, 0.3) is 0 Å². The molecule has 1 aliphatic heterocycles. The van der Waals surface area contributed by atoms with E-state index in [0.717, 1.165) is 5.56 Å². The van der Waals surface area contributed by atoms with Gasteiger partial charge in [-0.2, -0.15) is 0 Å². The number of aromatic nitrogens is 2. The van der Waals surface area contributed by atoms with Crippen LogP contribution >= 0.6 is 34.9 Å². The molecule has 120 valence electrons. The van der Waals surface area contributed by atoms with Gasteiger partial charge in [-0.1, -0.05) is 29.2 Å². The lowest BCUT2D eigenvalue weighted by Gasteiger charge is -2.28. The average molecular weight is 369 g/mol. The van der Waals surface area contributed by atoms with E-state index in [4.69, 9.17) is 10.4 Å². The highest BCUT2D eigenvalue weighted by atomic mass is 32.2. The van der Waals surface area contributed by atoms with Crippen molar-refractivity contribution in [2.75, 3.05) is 12.0 Å². The molecular weight excluding hydrogens is 357 g/mol. The summed E-state index contributed by atoms with van der Waals surface area (Å²) in [6, 6.07) is 3.60. The summed E-state index contributed by atoms with van der Waals surface area (Å²) >= 11 is 3.88. The van der Waals surface area contributed by atoms with Crippen LogP contribution in [0.3, 0.4) is 0 Å². The summed E-state index contributed by atoms with van der Waals surface area (Å²) in [5.74, 6) is -0.827. The highest BCUT2D eigenvalue weighted by Gasteiger charge is 2.38. The van der Waals surface area contributed by atoms with E-state index in [1.807, 2.05) is 6.07 Å². The number of carboxylic acids is 1. The molecule has 2 heterocycles. The molecule has 1 unspecified atom stereocenters. The molecule has 23 heavy (non-hydrogen) atoms. The number of carbonyl (C=O) groups is 1. The van der Waals surface area contributed by atoms with Crippen molar-refractivity contribution >= 4 is 53.1 Å². The van der Waals surface area contributed by atoms with E-state index < -0.39 is 13.1 Å². The Morgan fingerprint density at radius 1 is 1.52 bits per heavy atom. The molecule has 3 rings (SSSR count). The van der Waals surface area contributed by atoms with Crippen LogP contribution in [0.5, 0.6) is 5.75 Å². The van der Waals surface area contributed by atoms with Crippen molar-refractivity contribution in [3.63, 3.8) is 0 Å². The standard InChI is InChI=1S/C12H12BN3O4S3/c1-21-6-3-2-5-4-7(22-12-16-15-11(14)23-12)13(19)20-9(5)8(6)10(17)18/h2-3,7,19H,4H2,1H3,(H2,14,15)(H,17,18). The molecule has 1 aliphatic rings. The SMILES string of the molecule is CSc1ccc2c(c1C(=O)O)OB(O)C(Sc1nnc(N)s1)C2. The van der Waals surface area contributed by atoms with E-state index in [-0.39, 0.29) is 16.5 Å². The van der Waals surface area contributed by atoms with Gasteiger partial charge in [-0.25, -0.2) is 4.79 Å². The fourth-order valence-corrected chi connectivity index (χ4v) is 4.82. The first-order valence-corrected chi connectivity index (χ1v) is 9.45. The molecule has 0 saturated carbocycles. The number of thioether (sulfide) groups is 2. The molecule has 1 aromatic heterocycles. The predicted octanol–water partition coefficient (Wildman–Crippen LogP) is 1.66. The Morgan fingerprint density at radius 3 is 2.91 bits per heavy atom. The number of nitrogens with two attached hydrogens (primary N) is 1. The normalized spacial score (nSPS) is 16.8. The van der Waals surface area contributed by atoms with Gasteiger partial charge < -0.3 is 20.5 Å². The van der Waals surface area contributed by atoms with Gasteiger partial charge in [0.15, 0.2) is 4.34 Å². The van der Waals surface area contributed by atoms with Crippen LogP contribution in [0.1, 0.15) is 15.9 Å². The lowest BCUT2D eigenvalue weighted by Crippen LogP contribution is -2.40. The van der Waals surface area contributed by atoms with E-state index in [1.165, 1.54) is 34.9 Å². The minimum atomic E-state index is -1.13. The molecule has 2 aromatic rings. The predicted molar refractivity (Wildman–Crippen MR) is 91.5 cm³/mol. The van der Waals surface area contributed by atoms with Crippen LogP contribution in [-0.2, 0) is 6.42 Å². The van der Waals surface area contributed by atoms with Crippen molar-refractivity contribution in [3.05, 3.63) is 23.3 Å². The summed E-state index contributed by atoms with van der Waals surface area (Å²) in [5.41, 5.74) is 6.40. The number of hydrogen-bond acceptors (Lipinski definition) is 9. The number of rotatable bonds is 4. The molecule has 11 heteroatoms. The maximum atomic E-state index is 11.5. The van der Waals surface area contributed by atoms with Crippen LogP contribution in [0.15, 0.2) is 21.4 Å². The molecule has 0 saturated heterocycles. The Labute approximate surface area is 144 Å². The van der Waals surface area contributed by atoms with Crippen molar-refractivity contribution in [2.24, 2.45) is 0 Å². The molecule has 0 spiro atoms. The van der Waals surface area contributed by atoms with E-state index in [9.17, 15) is 14.9 Å². The first-order chi connectivity index (χ1) is 11.0. The van der Waals surface area contributed by atoms with E-state index in [1.54, 1.807) is 12.3 Å². The quantitative estimate of drug-likeness (QED) is 0.546. The third-order valence-corrected chi connectivity index (χ3v) is 6.14. The number of anilines is 1. The van der Waals surface area contributed by atoms with Gasteiger partial charge in [-0.05, 0) is 24.3 Å². The molecule has 7 nitrogen and oxygen atoms in total. The molecule has 0 bridgehead atoms. The summed E-state index contributed by atoms with van der Waals surface area (Å²) in [6.45, 7) is 0. The maximum absolute atomic E-state index is 11.5. The lowest BCUT2D eigenvalue weighted by molar-refractivity contribution is 0.0690. The van der Waals surface area contributed by atoms with Crippen molar-refractivity contribution in [1.82, 2.24) is 10.2 Å². The lowest BCUT2D eigenvalue weighted by atomic mass is 9.77. The van der Waals surface area contributed by atoms with Crippen LogP contribution in [0.25, 0.3) is 0 Å². The molecular formula is C12H12BN3O4S3. The van der Waals surface area contributed by atoms with Crippen LogP contribution in [0.2, 0.25) is 0 Å². The van der Waals surface area contributed by atoms with Gasteiger partial charge in [0.1, 0.15) is 11.3 Å². The van der Waals surface area contributed by atoms with Crippen LogP contribution in [-0.4, -0.2) is 44.8 Å². The first-order valence-electron chi connectivity index (χ1n) is 6.53. The molecule has 1 aromatic carbocycles. The molecule has 0 aliphatic carbocycles. The average Bonchev–Trinajstić information content (AvgIpc) is 2.92. The largest absolute Gasteiger partial charge is 0.537 e. The fraction of sp³-hybridized carbons (Fsp3) is 0.250. The van der Waals surface area contributed by atoms with Gasteiger partial charge in [0, 0.05) is 4.90 Å². The number of benzene rings is 1. The Bertz CT molecular complexity index is 757. The van der Waals surface area contributed by atoms with E-state index >= 15 is 0 Å². The zero-order valence-electron chi connectivity index (χ0n) is 11.9. The molecule has 4 N–H and O–H groups in total. The fourth-order valence-electron chi connectivity index (χ4n) is 2.29. The smallest absolute Gasteiger partial charge is 0.535 e.